The molecule has 0 fully saturated rings. The van der Waals surface area contributed by atoms with Gasteiger partial charge in [-0.05, 0) is 235 Å². The monoisotopic (exact) mass is 1980 g/mol. The van der Waals surface area contributed by atoms with E-state index in [-0.39, 0.29) is 0 Å². The number of benzene rings is 25. The van der Waals surface area contributed by atoms with Gasteiger partial charge in [0.05, 0.1) is 16.1 Å². The standard InChI is InChI=1S/C26H17NO.5C22H15NS/c1-2-8-17(9-3-1)27-18-14-15-23-24(16-18)28-26-22-13-7-5-11-20(22)19-10-4-6-12-21(19)25(23)26;1-2-9-16(10-3-1)23-22-17-11-5-4-8-15(17)14-20-21(22)18-12-6-7-13-19(18)24-20;1-2-8-16(9-3-1)23-20-11-6-7-15-13-22-19(14-18(15)20)17-10-4-5-12-21(17)24-22;1-2-8-16(9-3-1)23-18-11-6-12-19-22(18)21-17-10-5-4-7-15(17)13-14-20(21)24-19;1-2-8-16(9-3-1)23-19-12-6-11-18-21-17-10-5-4-7-15(17)13-14-20(21)24-22(18)19;1-2-7-16(8-3-1)23-17-11-13-20-19(14-17)22-18-9-5-4-6-15(18)10-12-21(22)24-20/h1-16,27H;5*1-14,23H. The molecule has 0 unspecified atom stereocenters. The zero-order valence-corrected chi connectivity index (χ0v) is 84.2. The second-order valence-corrected chi connectivity index (χ2v) is 42.2. The van der Waals surface area contributed by atoms with E-state index in [1.54, 1.807) is 0 Å². The van der Waals surface area contributed by atoms with Crippen LogP contribution in [0.5, 0.6) is 0 Å². The quantitative estimate of drug-likeness (QED) is 0.0680. The summed E-state index contributed by atoms with van der Waals surface area (Å²) < 4.78 is 19.8. The van der Waals surface area contributed by atoms with E-state index in [4.69, 9.17) is 4.42 Å². The third-order valence-corrected chi connectivity index (χ3v) is 33.3. The van der Waals surface area contributed by atoms with Gasteiger partial charge in [0.1, 0.15) is 11.2 Å². The number of thiophene rings is 5. The third kappa shape index (κ3) is 17.8. The van der Waals surface area contributed by atoms with Gasteiger partial charge in [-0.1, -0.05) is 340 Å². The average Bonchev–Trinajstić information content (AvgIpc) is 1.56. The summed E-state index contributed by atoms with van der Waals surface area (Å²) in [6.07, 6.45) is 0. The van der Waals surface area contributed by atoms with E-state index in [9.17, 15) is 0 Å². The van der Waals surface area contributed by atoms with Gasteiger partial charge in [-0.25, -0.2) is 0 Å². The highest BCUT2D eigenvalue weighted by molar-refractivity contribution is 7.28. The number of hydrogen-bond donors (Lipinski definition) is 6. The van der Waals surface area contributed by atoms with Gasteiger partial charge in [0.25, 0.3) is 0 Å². The molecule has 6 aromatic heterocycles. The lowest BCUT2D eigenvalue weighted by Gasteiger charge is -2.12. The molecule has 148 heavy (non-hydrogen) atoms. The van der Waals surface area contributed by atoms with Crippen molar-refractivity contribution in [2.75, 3.05) is 31.9 Å². The van der Waals surface area contributed by atoms with E-state index in [1.165, 1.54) is 193 Å². The minimum Gasteiger partial charge on any atom is -0.455 e. The van der Waals surface area contributed by atoms with Crippen LogP contribution in [0.4, 0.5) is 68.2 Å². The molecule has 702 valence electrons. The molecule has 0 aliphatic carbocycles. The Hall–Kier alpha value is -18.0. The zero-order chi connectivity index (χ0) is 98.2. The van der Waals surface area contributed by atoms with Crippen LogP contribution >= 0.6 is 56.7 Å². The largest absolute Gasteiger partial charge is 0.455 e. The van der Waals surface area contributed by atoms with Crippen molar-refractivity contribution in [1.29, 1.82) is 0 Å². The summed E-state index contributed by atoms with van der Waals surface area (Å²) in [4.78, 5) is 0. The molecule has 6 heterocycles. The SMILES string of the molecule is c1ccc(Nc2c3ccccc3cc3sc4ccccc4c23)cc1.c1ccc(Nc2ccc3c(c2)oc2c4ccccc4c4ccccc4c32)cc1.c1ccc(Nc2ccc3sc4ccc5ccccc5c4c3c2)cc1.c1ccc(Nc2cccc3c2sc2ccc4ccccc4c23)cc1.c1ccc(Nc2cccc3cc4sc5ccccc5c4cc23)cc1.c1ccc(Nc2cccc3sc4ccc5ccccc5c4c23)cc1. The Balaban J connectivity index is 0.0000000900. The number of hydrogen-bond acceptors (Lipinski definition) is 12. The molecule has 6 N–H and O–H groups in total. The maximum absolute atomic E-state index is 6.41. The zero-order valence-electron chi connectivity index (χ0n) is 80.1. The second kappa shape index (κ2) is 40.0. The van der Waals surface area contributed by atoms with Crippen LogP contribution in [0.1, 0.15) is 0 Å². The summed E-state index contributed by atoms with van der Waals surface area (Å²) in [7, 11) is 0. The molecular weight excluding hydrogens is 1890 g/mol. The molecule has 12 heteroatoms. The summed E-state index contributed by atoms with van der Waals surface area (Å²) in [5.74, 6) is 0. The van der Waals surface area contributed by atoms with Crippen molar-refractivity contribution < 1.29 is 4.42 Å². The molecule has 0 radical (unpaired) electrons. The smallest absolute Gasteiger partial charge is 0.143 e. The lowest BCUT2D eigenvalue weighted by molar-refractivity contribution is 0.673. The fourth-order valence-electron chi connectivity index (χ4n) is 20.8. The number of nitrogens with one attached hydrogen (secondary N) is 6. The van der Waals surface area contributed by atoms with Gasteiger partial charge >= 0.3 is 0 Å². The van der Waals surface area contributed by atoms with Crippen molar-refractivity contribution in [3.8, 4) is 0 Å². The lowest BCUT2D eigenvalue weighted by atomic mass is 9.97. The van der Waals surface area contributed by atoms with Crippen LogP contribution in [0.25, 0.3) is 198 Å². The van der Waals surface area contributed by atoms with Crippen LogP contribution in [-0.4, -0.2) is 0 Å². The third-order valence-electron chi connectivity index (χ3n) is 27.6. The van der Waals surface area contributed by atoms with E-state index in [2.05, 4.69) is 493 Å². The Labute approximate surface area is 873 Å². The highest BCUT2D eigenvalue weighted by Gasteiger charge is 2.21. The van der Waals surface area contributed by atoms with Gasteiger partial charge in [0.15, 0.2) is 0 Å². The van der Waals surface area contributed by atoms with Crippen molar-refractivity contribution in [1.82, 2.24) is 0 Å². The first-order chi connectivity index (χ1) is 73.3. The Morgan fingerprint density at radius 1 is 0.142 bits per heavy atom. The molecule has 31 aromatic rings. The molecule has 0 aliphatic heterocycles. The molecule has 0 spiro atoms. The second-order valence-electron chi connectivity index (χ2n) is 36.8. The maximum atomic E-state index is 6.41. The molecule has 0 bridgehead atoms. The van der Waals surface area contributed by atoms with Crippen LogP contribution in [0, 0.1) is 0 Å². The number of anilines is 12. The van der Waals surface area contributed by atoms with E-state index in [0.29, 0.717) is 0 Å². The van der Waals surface area contributed by atoms with Crippen molar-refractivity contribution in [3.63, 3.8) is 0 Å². The van der Waals surface area contributed by atoms with Gasteiger partial charge in [-0.15, -0.1) is 56.7 Å². The summed E-state index contributed by atoms with van der Waals surface area (Å²) >= 11 is 9.31. The highest BCUT2D eigenvalue weighted by Crippen LogP contribution is 2.50. The molecule has 0 saturated heterocycles. The van der Waals surface area contributed by atoms with Crippen LogP contribution < -0.4 is 31.9 Å². The molecule has 31 rings (SSSR count). The first-order valence-corrected chi connectivity index (χ1v) is 53.8. The minimum absolute atomic E-state index is 0.900. The van der Waals surface area contributed by atoms with E-state index >= 15 is 0 Å². The van der Waals surface area contributed by atoms with Gasteiger partial charge < -0.3 is 36.3 Å². The van der Waals surface area contributed by atoms with Gasteiger partial charge in [-0.2, -0.15) is 0 Å². The first-order valence-electron chi connectivity index (χ1n) is 49.7. The number of furan rings is 1. The molecule has 0 saturated carbocycles. The Bertz CT molecular complexity index is 10300. The van der Waals surface area contributed by atoms with Gasteiger partial charge in [0.2, 0.25) is 0 Å². The van der Waals surface area contributed by atoms with Crippen LogP contribution in [0.3, 0.4) is 0 Å². The Kier molecular flexibility index (Phi) is 24.3. The first kappa shape index (κ1) is 90.1. The van der Waals surface area contributed by atoms with Gasteiger partial charge in [0, 0.05) is 186 Å². The molecular formula is C136H92N6OS5. The number of para-hydroxylation sites is 6. The maximum Gasteiger partial charge on any atom is 0.143 e. The molecule has 7 nitrogen and oxygen atoms in total. The fraction of sp³-hybridized carbons (Fsp3) is 0. The van der Waals surface area contributed by atoms with Crippen LogP contribution in [0.2, 0.25) is 0 Å². The normalized spacial score (nSPS) is 11.4. The molecule has 0 aliphatic rings. The van der Waals surface area contributed by atoms with Crippen molar-refractivity contribution >= 4 is 323 Å². The fourth-order valence-corrected chi connectivity index (χ4v) is 26.6. The van der Waals surface area contributed by atoms with Crippen molar-refractivity contribution in [2.24, 2.45) is 0 Å². The van der Waals surface area contributed by atoms with E-state index < -0.39 is 0 Å². The van der Waals surface area contributed by atoms with Crippen molar-refractivity contribution in [3.05, 3.63) is 522 Å². The summed E-state index contributed by atoms with van der Waals surface area (Å²) in [5.41, 5.74) is 15.3. The van der Waals surface area contributed by atoms with Gasteiger partial charge in [-0.3, -0.25) is 0 Å². The van der Waals surface area contributed by atoms with Crippen molar-refractivity contribution in [2.45, 2.75) is 0 Å². The van der Waals surface area contributed by atoms with E-state index in [0.717, 1.165) is 73.1 Å². The summed E-state index contributed by atoms with van der Waals surface area (Å²) in [6, 6.07) is 184. The van der Waals surface area contributed by atoms with E-state index in [1.807, 2.05) is 117 Å². The Morgan fingerprint density at radius 3 is 1.12 bits per heavy atom. The molecule has 0 amide bonds. The Morgan fingerprint density at radius 2 is 0.507 bits per heavy atom. The summed E-state index contributed by atoms with van der Waals surface area (Å²) in [6.45, 7) is 0. The minimum atomic E-state index is 0.900. The predicted octanol–water partition coefficient (Wildman–Crippen LogP) is 42.4. The topological polar surface area (TPSA) is 85.3 Å². The lowest BCUT2D eigenvalue weighted by Crippen LogP contribution is -1.92. The van der Waals surface area contributed by atoms with Crippen LogP contribution in [-0.2, 0) is 0 Å². The summed E-state index contributed by atoms with van der Waals surface area (Å²) in [5, 5.41) is 54.9. The number of rotatable bonds is 12. The predicted molar refractivity (Wildman–Crippen MR) is 651 cm³/mol. The van der Waals surface area contributed by atoms with Crippen LogP contribution in [0.15, 0.2) is 526 Å². The number of fused-ring (bicyclic) bond motifs is 31. The molecule has 0 atom stereocenters. The highest BCUT2D eigenvalue weighted by atomic mass is 32.1. The average molecular weight is 1990 g/mol. The molecule has 25 aromatic carbocycles.